The SMILES string of the molecule is Cc1cc(-c2ccc(OC(=O)Oc3ccc(-c4c5ccccc5cc5ccccc45)cc3)c(C)c2)ccc1OC(=O)Oc1ccc(Oc2ccc(OC(=O)Oc3ccc(-c4c5ccccc5c(Cc5ccc(OC(=O)Oc6ccc(-c7c8ccccc8cc8ccccc78)cc6)cc5)c5ccccc45)cc3)cc2)cc1. The van der Waals surface area contributed by atoms with Crippen LogP contribution >= 0.6 is 0 Å². The number of hydrogen-bond acceptors (Lipinski definition) is 13. The Morgan fingerprint density at radius 1 is 0.227 bits per heavy atom. The first-order valence-corrected chi connectivity index (χ1v) is 35.7. The van der Waals surface area contributed by atoms with Gasteiger partial charge in [0.15, 0.2) is 0 Å². The summed E-state index contributed by atoms with van der Waals surface area (Å²) < 4.78 is 51.0. The lowest BCUT2D eigenvalue weighted by Crippen LogP contribution is -2.14. The van der Waals surface area contributed by atoms with Crippen molar-refractivity contribution in [3.05, 3.63) is 362 Å². The maximum atomic E-state index is 13.2. The van der Waals surface area contributed by atoms with E-state index in [1.165, 1.54) is 0 Å². The van der Waals surface area contributed by atoms with Crippen molar-refractivity contribution in [2.75, 3.05) is 0 Å². The molecule has 0 heterocycles. The van der Waals surface area contributed by atoms with Gasteiger partial charge in [0.2, 0.25) is 0 Å². The monoisotopic (exact) mass is 1440 g/mol. The molecule has 0 bridgehead atoms. The second-order valence-corrected chi connectivity index (χ2v) is 26.5. The van der Waals surface area contributed by atoms with Crippen molar-refractivity contribution in [3.63, 3.8) is 0 Å². The van der Waals surface area contributed by atoms with E-state index in [9.17, 15) is 19.2 Å². The average molecular weight is 1440 g/mol. The first-order chi connectivity index (χ1) is 53.9. The van der Waals surface area contributed by atoms with E-state index in [2.05, 4.69) is 84.9 Å². The van der Waals surface area contributed by atoms with E-state index in [1.807, 2.05) is 159 Å². The molecule has 0 radical (unpaired) electrons. The van der Waals surface area contributed by atoms with Gasteiger partial charge in [0.05, 0.1) is 0 Å². The summed E-state index contributed by atoms with van der Waals surface area (Å²) in [6.07, 6.45) is -2.94. The van der Waals surface area contributed by atoms with Crippen LogP contribution in [-0.4, -0.2) is 24.6 Å². The molecule has 0 spiro atoms. The molecular formula is C97H64O13. The zero-order valence-corrected chi connectivity index (χ0v) is 59.3. The third-order valence-corrected chi connectivity index (χ3v) is 19.5. The highest BCUT2D eigenvalue weighted by Crippen LogP contribution is 2.43. The second-order valence-electron chi connectivity index (χ2n) is 26.5. The van der Waals surface area contributed by atoms with Gasteiger partial charge in [0, 0.05) is 0 Å². The van der Waals surface area contributed by atoms with Crippen LogP contribution in [0.4, 0.5) is 19.2 Å². The molecule has 0 aliphatic heterocycles. The van der Waals surface area contributed by atoms with Gasteiger partial charge in [0.25, 0.3) is 0 Å². The van der Waals surface area contributed by atoms with Crippen LogP contribution in [0.25, 0.3) is 109 Å². The molecule has 0 amide bonds. The van der Waals surface area contributed by atoms with Gasteiger partial charge in [-0.1, -0.05) is 206 Å². The molecule has 0 saturated carbocycles. The summed E-state index contributed by atoms with van der Waals surface area (Å²) in [7, 11) is 0. The minimum atomic E-state index is -0.928. The maximum Gasteiger partial charge on any atom is 0.519 e. The van der Waals surface area contributed by atoms with Crippen LogP contribution in [0.3, 0.4) is 0 Å². The van der Waals surface area contributed by atoms with Gasteiger partial charge in [-0.15, -0.1) is 0 Å². The van der Waals surface area contributed by atoms with Crippen molar-refractivity contribution in [2.24, 2.45) is 0 Å². The molecule has 0 saturated heterocycles. The Balaban J connectivity index is 0.471. The number of rotatable bonds is 16. The second kappa shape index (κ2) is 30.0. The number of benzene rings is 17. The van der Waals surface area contributed by atoms with Crippen molar-refractivity contribution >= 4 is 89.3 Å². The third-order valence-electron chi connectivity index (χ3n) is 19.5. The van der Waals surface area contributed by atoms with E-state index in [0.717, 1.165) is 120 Å². The Hall–Kier alpha value is -14.8. The largest absolute Gasteiger partial charge is 0.519 e. The number of ether oxygens (including phenoxy) is 9. The number of carbonyl (C=O) groups is 4. The van der Waals surface area contributed by atoms with Crippen LogP contribution in [0, 0.1) is 13.8 Å². The zero-order chi connectivity index (χ0) is 74.6. The predicted molar refractivity (Wildman–Crippen MR) is 431 cm³/mol. The Kier molecular flexibility index (Phi) is 18.6. The summed E-state index contributed by atoms with van der Waals surface area (Å²) in [5.74, 6) is 3.42. The molecule has 0 aromatic heterocycles. The Bertz CT molecular complexity index is 6250. The average Bonchev–Trinajstić information content (AvgIpc) is 0.759. The van der Waals surface area contributed by atoms with Crippen LogP contribution < -0.4 is 42.6 Å². The van der Waals surface area contributed by atoms with Gasteiger partial charge in [-0.05, 0) is 285 Å². The minimum absolute atomic E-state index is 0.229. The third kappa shape index (κ3) is 14.6. The normalized spacial score (nSPS) is 11.2. The molecule has 17 aromatic rings. The molecule has 0 N–H and O–H groups in total. The van der Waals surface area contributed by atoms with Crippen LogP contribution in [0.5, 0.6) is 57.5 Å². The molecule has 530 valence electrons. The first kappa shape index (κ1) is 68.3. The fourth-order valence-corrected chi connectivity index (χ4v) is 14.3. The topological polar surface area (TPSA) is 151 Å². The van der Waals surface area contributed by atoms with Gasteiger partial charge < -0.3 is 42.6 Å². The molecule has 0 atom stereocenters. The maximum absolute atomic E-state index is 13.2. The molecule has 17 aromatic carbocycles. The summed E-state index contributed by atoms with van der Waals surface area (Å²) in [6, 6.07) is 108. The van der Waals surface area contributed by atoms with E-state index < -0.39 is 24.6 Å². The van der Waals surface area contributed by atoms with E-state index >= 15 is 0 Å². The highest BCUT2D eigenvalue weighted by atomic mass is 16.7. The van der Waals surface area contributed by atoms with Crippen LogP contribution in [0.15, 0.2) is 340 Å². The summed E-state index contributed by atoms with van der Waals surface area (Å²) in [6.45, 7) is 3.67. The summed E-state index contributed by atoms with van der Waals surface area (Å²) >= 11 is 0. The van der Waals surface area contributed by atoms with E-state index in [1.54, 1.807) is 109 Å². The fourth-order valence-electron chi connectivity index (χ4n) is 14.3. The van der Waals surface area contributed by atoms with Crippen molar-refractivity contribution in [1.29, 1.82) is 0 Å². The molecule has 13 nitrogen and oxygen atoms in total. The van der Waals surface area contributed by atoms with Crippen molar-refractivity contribution in [1.82, 2.24) is 0 Å². The van der Waals surface area contributed by atoms with Crippen molar-refractivity contribution < 1.29 is 61.8 Å². The molecule has 13 heteroatoms. The summed E-state index contributed by atoms with van der Waals surface area (Å²) in [4.78, 5) is 52.4. The first-order valence-electron chi connectivity index (χ1n) is 35.7. The Morgan fingerprint density at radius 3 is 0.791 bits per heavy atom. The van der Waals surface area contributed by atoms with Gasteiger partial charge in [0.1, 0.15) is 57.5 Å². The van der Waals surface area contributed by atoms with Crippen molar-refractivity contribution in [2.45, 2.75) is 20.3 Å². The lowest BCUT2D eigenvalue weighted by atomic mass is 9.86. The van der Waals surface area contributed by atoms with E-state index in [0.29, 0.717) is 63.5 Å². The number of hydrogen-bond donors (Lipinski definition) is 0. The minimum Gasteiger partial charge on any atom is -0.457 e. The molecule has 0 aliphatic carbocycles. The molecule has 0 fully saturated rings. The quantitative estimate of drug-likeness (QED) is 0.0513. The van der Waals surface area contributed by atoms with Gasteiger partial charge in [-0.25, -0.2) is 19.2 Å². The van der Waals surface area contributed by atoms with Crippen molar-refractivity contribution in [3.8, 4) is 102 Å². The van der Waals surface area contributed by atoms with Gasteiger partial charge in [-0.3, -0.25) is 0 Å². The molecule has 0 unspecified atom stereocenters. The molecule has 110 heavy (non-hydrogen) atoms. The molecular weight excluding hydrogens is 1370 g/mol. The van der Waals surface area contributed by atoms with E-state index in [4.69, 9.17) is 42.6 Å². The van der Waals surface area contributed by atoms with Crippen LogP contribution in [-0.2, 0) is 6.42 Å². The number of carbonyl (C=O) groups excluding carboxylic acids is 4. The predicted octanol–water partition coefficient (Wildman–Crippen LogP) is 25.6. The lowest BCUT2D eigenvalue weighted by molar-refractivity contribution is 0.150. The highest BCUT2D eigenvalue weighted by Gasteiger charge is 2.21. The molecule has 17 rings (SSSR count). The van der Waals surface area contributed by atoms with E-state index in [-0.39, 0.29) is 11.5 Å². The number of aryl methyl sites for hydroxylation is 2. The smallest absolute Gasteiger partial charge is 0.457 e. The Labute approximate surface area is 631 Å². The summed E-state index contributed by atoms with van der Waals surface area (Å²) in [5, 5.41) is 13.4. The summed E-state index contributed by atoms with van der Waals surface area (Å²) in [5.41, 5.74) is 11.5. The lowest BCUT2D eigenvalue weighted by Gasteiger charge is -2.18. The molecule has 0 aliphatic rings. The standard InChI is InChI=1S/C97H64O13/c1-60-55-66(35-53-89(60)109-96(100)107-77-41-31-64(32-42-77)92-82-21-9-5-17-70(82)59-71-18-6-10-22-83(71)92)67-36-54-90(61(2)56-67)110-97(101)108-79-51-47-73(48-52-79)102-72-45-49-78(50-46-72)106-95(99)105-76-43-33-65(34-44-76)93-86-25-13-11-23-84(86)88(85-24-12-14-26-87(85)93)57-62-27-37-74(38-28-62)103-94(98)104-75-39-29-63(30-40-75)91-80-19-7-3-15-68(80)58-69-16-4-8-20-81(69)91/h3-56,58-59H,57H2,1-2H3. The van der Waals surface area contributed by atoms with Crippen LogP contribution in [0.2, 0.25) is 0 Å². The van der Waals surface area contributed by atoms with Gasteiger partial charge >= 0.3 is 24.6 Å². The highest BCUT2D eigenvalue weighted by molar-refractivity contribution is 6.16. The zero-order valence-electron chi connectivity index (χ0n) is 59.3. The Morgan fingerprint density at radius 2 is 0.473 bits per heavy atom. The number of fused-ring (bicyclic) bond motifs is 6. The van der Waals surface area contributed by atoms with Gasteiger partial charge in [-0.2, -0.15) is 0 Å². The van der Waals surface area contributed by atoms with Crippen LogP contribution in [0.1, 0.15) is 22.3 Å². The fraction of sp³-hybridized carbons (Fsp3) is 0.0309.